The Labute approximate surface area is 119 Å². The molecule has 1 heterocycles. The molecule has 20 heavy (non-hydrogen) atoms. The van der Waals surface area contributed by atoms with Crippen LogP contribution in [0.15, 0.2) is 24.3 Å². The number of carboxylic acids is 1. The van der Waals surface area contributed by atoms with E-state index in [0.29, 0.717) is 5.56 Å². The Morgan fingerprint density at radius 1 is 1.15 bits per heavy atom. The van der Waals surface area contributed by atoms with Crippen LogP contribution in [0.3, 0.4) is 0 Å². The van der Waals surface area contributed by atoms with E-state index in [0.717, 1.165) is 51.3 Å². The van der Waals surface area contributed by atoms with Gasteiger partial charge in [0.2, 0.25) is 0 Å². The Morgan fingerprint density at radius 2 is 1.90 bits per heavy atom. The van der Waals surface area contributed by atoms with Crippen LogP contribution < -0.4 is 0 Å². The fraction of sp³-hybridized carbons (Fsp3) is 0.533. The lowest BCUT2D eigenvalue weighted by Crippen LogP contribution is -2.32. The lowest BCUT2D eigenvalue weighted by atomic mass is 10.1. The standard InChI is InChI=1S/C15H22N2O3/c18-10-9-16-5-2-6-17(8-7-16)12-13-3-1-4-14(11-13)15(19)20/h1,3-4,11,18H,2,5-10,12H2,(H,19,20). The number of nitrogens with zero attached hydrogens (tertiary/aromatic N) is 2. The number of hydrogen-bond acceptors (Lipinski definition) is 4. The lowest BCUT2D eigenvalue weighted by Gasteiger charge is -2.21. The lowest BCUT2D eigenvalue weighted by molar-refractivity contribution is 0.0696. The molecule has 1 aromatic carbocycles. The summed E-state index contributed by atoms with van der Waals surface area (Å²) in [6.07, 6.45) is 1.08. The molecule has 1 aromatic rings. The van der Waals surface area contributed by atoms with Gasteiger partial charge in [-0.2, -0.15) is 0 Å². The molecule has 110 valence electrons. The van der Waals surface area contributed by atoms with E-state index in [-0.39, 0.29) is 6.61 Å². The van der Waals surface area contributed by atoms with Crippen molar-refractivity contribution in [1.82, 2.24) is 9.80 Å². The highest BCUT2D eigenvalue weighted by Crippen LogP contribution is 2.11. The number of benzene rings is 1. The van der Waals surface area contributed by atoms with Crippen molar-refractivity contribution in [2.45, 2.75) is 13.0 Å². The zero-order valence-electron chi connectivity index (χ0n) is 11.7. The highest BCUT2D eigenvalue weighted by atomic mass is 16.4. The molecule has 0 unspecified atom stereocenters. The normalized spacial score (nSPS) is 17.9. The van der Waals surface area contributed by atoms with Gasteiger partial charge in [0.1, 0.15) is 0 Å². The van der Waals surface area contributed by atoms with Gasteiger partial charge in [0.25, 0.3) is 0 Å². The van der Waals surface area contributed by atoms with Gasteiger partial charge >= 0.3 is 5.97 Å². The molecule has 0 atom stereocenters. The Balaban J connectivity index is 1.93. The first kappa shape index (κ1) is 15.0. The summed E-state index contributed by atoms with van der Waals surface area (Å²) in [5, 5.41) is 18.0. The van der Waals surface area contributed by atoms with Crippen molar-refractivity contribution >= 4 is 5.97 Å². The zero-order chi connectivity index (χ0) is 14.4. The molecule has 0 aromatic heterocycles. The van der Waals surface area contributed by atoms with E-state index >= 15 is 0 Å². The Bertz CT molecular complexity index is 450. The molecule has 2 rings (SSSR count). The maximum Gasteiger partial charge on any atom is 0.335 e. The van der Waals surface area contributed by atoms with Gasteiger partial charge in [-0.25, -0.2) is 4.79 Å². The van der Waals surface area contributed by atoms with E-state index in [2.05, 4.69) is 9.80 Å². The summed E-state index contributed by atoms with van der Waals surface area (Å²) in [5.41, 5.74) is 1.39. The molecular weight excluding hydrogens is 256 g/mol. The van der Waals surface area contributed by atoms with Crippen LogP contribution in [-0.2, 0) is 6.54 Å². The van der Waals surface area contributed by atoms with Crippen molar-refractivity contribution in [3.8, 4) is 0 Å². The SMILES string of the molecule is O=C(O)c1cccc(CN2CCCN(CCO)CC2)c1. The Morgan fingerprint density at radius 3 is 2.65 bits per heavy atom. The minimum absolute atomic E-state index is 0.209. The summed E-state index contributed by atoms with van der Waals surface area (Å²) >= 11 is 0. The van der Waals surface area contributed by atoms with Crippen molar-refractivity contribution in [2.75, 3.05) is 39.3 Å². The predicted molar refractivity (Wildman–Crippen MR) is 76.8 cm³/mol. The first-order chi connectivity index (χ1) is 9.69. The van der Waals surface area contributed by atoms with E-state index in [1.165, 1.54) is 0 Å². The molecule has 0 radical (unpaired) electrons. The summed E-state index contributed by atoms with van der Waals surface area (Å²) in [6, 6.07) is 7.15. The summed E-state index contributed by atoms with van der Waals surface area (Å²) in [6.45, 7) is 5.68. The molecule has 1 saturated heterocycles. The van der Waals surface area contributed by atoms with Crippen molar-refractivity contribution in [3.63, 3.8) is 0 Å². The van der Waals surface area contributed by atoms with E-state index in [4.69, 9.17) is 10.2 Å². The third kappa shape index (κ3) is 4.30. The Hall–Kier alpha value is -1.43. The number of aliphatic hydroxyl groups is 1. The average molecular weight is 278 g/mol. The highest BCUT2D eigenvalue weighted by Gasteiger charge is 2.14. The van der Waals surface area contributed by atoms with Crippen molar-refractivity contribution in [2.24, 2.45) is 0 Å². The fourth-order valence-electron chi connectivity index (χ4n) is 2.61. The number of carbonyl (C=O) groups is 1. The molecule has 0 amide bonds. The van der Waals surface area contributed by atoms with Gasteiger partial charge in [-0.05, 0) is 37.2 Å². The molecule has 0 bridgehead atoms. The molecule has 0 saturated carbocycles. The van der Waals surface area contributed by atoms with Gasteiger partial charge in [-0.15, -0.1) is 0 Å². The molecule has 1 fully saturated rings. The summed E-state index contributed by atoms with van der Waals surface area (Å²) in [4.78, 5) is 15.6. The highest BCUT2D eigenvalue weighted by molar-refractivity contribution is 5.87. The van der Waals surface area contributed by atoms with Crippen LogP contribution in [0.4, 0.5) is 0 Å². The average Bonchev–Trinajstić information content (AvgIpc) is 2.65. The molecule has 0 aliphatic carbocycles. The van der Waals surface area contributed by atoms with Crippen LogP contribution in [0, 0.1) is 0 Å². The van der Waals surface area contributed by atoms with Crippen LogP contribution in [0.1, 0.15) is 22.3 Å². The van der Waals surface area contributed by atoms with Crippen LogP contribution >= 0.6 is 0 Å². The molecule has 1 aliphatic heterocycles. The van der Waals surface area contributed by atoms with Crippen molar-refractivity contribution in [1.29, 1.82) is 0 Å². The maximum atomic E-state index is 11.0. The van der Waals surface area contributed by atoms with Crippen LogP contribution in [0.25, 0.3) is 0 Å². The first-order valence-electron chi connectivity index (χ1n) is 7.07. The Kier molecular flexibility index (Phi) is 5.52. The van der Waals surface area contributed by atoms with E-state index < -0.39 is 5.97 Å². The van der Waals surface area contributed by atoms with Gasteiger partial charge < -0.3 is 10.2 Å². The zero-order valence-corrected chi connectivity index (χ0v) is 11.7. The van der Waals surface area contributed by atoms with E-state index in [1.807, 2.05) is 6.07 Å². The monoisotopic (exact) mass is 278 g/mol. The van der Waals surface area contributed by atoms with Crippen LogP contribution in [0.5, 0.6) is 0 Å². The predicted octanol–water partition coefficient (Wildman–Crippen LogP) is 0.885. The number of aliphatic hydroxyl groups excluding tert-OH is 1. The minimum atomic E-state index is -0.878. The molecule has 5 heteroatoms. The summed E-state index contributed by atoms with van der Waals surface area (Å²) in [5.74, 6) is -0.878. The molecule has 5 nitrogen and oxygen atoms in total. The third-order valence-electron chi connectivity index (χ3n) is 3.68. The van der Waals surface area contributed by atoms with Gasteiger partial charge in [-0.1, -0.05) is 12.1 Å². The van der Waals surface area contributed by atoms with Crippen LogP contribution in [0.2, 0.25) is 0 Å². The quantitative estimate of drug-likeness (QED) is 0.837. The fourth-order valence-corrected chi connectivity index (χ4v) is 2.61. The topological polar surface area (TPSA) is 64.0 Å². The van der Waals surface area contributed by atoms with Gasteiger partial charge in [0, 0.05) is 26.2 Å². The molecule has 2 N–H and O–H groups in total. The summed E-state index contributed by atoms with van der Waals surface area (Å²) < 4.78 is 0. The van der Waals surface area contributed by atoms with Gasteiger partial charge in [-0.3, -0.25) is 9.80 Å². The van der Waals surface area contributed by atoms with Crippen molar-refractivity contribution in [3.05, 3.63) is 35.4 Å². The molecule has 0 spiro atoms. The number of rotatable bonds is 5. The summed E-state index contributed by atoms with van der Waals surface area (Å²) in [7, 11) is 0. The number of β-amino-alcohol motifs (C(OH)–C–C–N with tert-alkyl or cyclic N) is 1. The molecular formula is C15H22N2O3. The van der Waals surface area contributed by atoms with Crippen molar-refractivity contribution < 1.29 is 15.0 Å². The minimum Gasteiger partial charge on any atom is -0.478 e. The van der Waals surface area contributed by atoms with Gasteiger partial charge in [0.15, 0.2) is 0 Å². The smallest absolute Gasteiger partial charge is 0.335 e. The second kappa shape index (κ2) is 7.38. The third-order valence-corrected chi connectivity index (χ3v) is 3.68. The molecule has 1 aliphatic rings. The second-order valence-electron chi connectivity index (χ2n) is 5.20. The first-order valence-corrected chi connectivity index (χ1v) is 7.07. The van der Waals surface area contributed by atoms with Crippen LogP contribution in [-0.4, -0.2) is 65.3 Å². The number of hydrogen-bond donors (Lipinski definition) is 2. The van der Waals surface area contributed by atoms with E-state index in [1.54, 1.807) is 18.2 Å². The largest absolute Gasteiger partial charge is 0.478 e. The number of carboxylic acid groups (broad SMARTS) is 1. The van der Waals surface area contributed by atoms with E-state index in [9.17, 15) is 4.79 Å². The van der Waals surface area contributed by atoms with Gasteiger partial charge in [0.05, 0.1) is 12.2 Å². The second-order valence-corrected chi connectivity index (χ2v) is 5.20. The maximum absolute atomic E-state index is 11.0. The number of aromatic carboxylic acids is 1.